The lowest BCUT2D eigenvalue weighted by atomic mass is 10.1. The Kier molecular flexibility index (Phi) is 6.08. The fraction of sp³-hybridized carbons (Fsp3) is 0.412. The van der Waals surface area contributed by atoms with Gasteiger partial charge in [0, 0.05) is 18.0 Å². The van der Waals surface area contributed by atoms with Gasteiger partial charge in [-0.25, -0.2) is 0 Å². The largest absolute Gasteiger partial charge is 0.493 e. The summed E-state index contributed by atoms with van der Waals surface area (Å²) < 4.78 is 11.2. The van der Waals surface area contributed by atoms with E-state index in [9.17, 15) is 0 Å². The van der Waals surface area contributed by atoms with Gasteiger partial charge in [0.1, 0.15) is 6.61 Å². The smallest absolute Gasteiger partial charge is 0.161 e. The van der Waals surface area contributed by atoms with Crippen LogP contribution in [0, 0.1) is 6.92 Å². The molecular formula is C17H23NO2S. The van der Waals surface area contributed by atoms with Crippen LogP contribution in [-0.4, -0.2) is 20.3 Å². The summed E-state index contributed by atoms with van der Waals surface area (Å²) in [6.07, 6.45) is 0.998. The van der Waals surface area contributed by atoms with Gasteiger partial charge in [-0.3, -0.25) is 0 Å². The lowest BCUT2D eigenvalue weighted by molar-refractivity contribution is 0.292. The second-order valence-electron chi connectivity index (χ2n) is 4.89. The van der Waals surface area contributed by atoms with E-state index in [-0.39, 0.29) is 0 Å². The third-order valence-electron chi connectivity index (χ3n) is 3.43. The van der Waals surface area contributed by atoms with E-state index in [2.05, 4.69) is 36.7 Å². The summed E-state index contributed by atoms with van der Waals surface area (Å²) in [5.41, 5.74) is 2.61. The van der Waals surface area contributed by atoms with Crippen molar-refractivity contribution in [2.45, 2.75) is 26.8 Å². The number of hydrogen-bond acceptors (Lipinski definition) is 4. The Morgan fingerprint density at radius 1 is 1.19 bits per heavy atom. The van der Waals surface area contributed by atoms with Crippen LogP contribution in [0.1, 0.15) is 22.9 Å². The number of nitrogens with one attached hydrogen (secondary N) is 1. The lowest BCUT2D eigenvalue weighted by Crippen LogP contribution is -2.20. The number of aryl methyl sites for hydroxylation is 2. The number of rotatable bonds is 8. The molecule has 0 aliphatic heterocycles. The standard InChI is InChI=1S/C17H23NO2S/c1-4-14-5-6-15(16(11-14)19-3)20-9-8-18-12-17-13(2)7-10-21-17/h5-7,10-11,18H,4,8-9,12H2,1-3H3. The van der Waals surface area contributed by atoms with Gasteiger partial charge in [-0.2, -0.15) is 0 Å². The molecule has 0 saturated carbocycles. The van der Waals surface area contributed by atoms with Crippen molar-refractivity contribution in [2.24, 2.45) is 0 Å². The molecule has 0 radical (unpaired) electrons. The highest BCUT2D eigenvalue weighted by atomic mass is 32.1. The highest BCUT2D eigenvalue weighted by molar-refractivity contribution is 7.10. The van der Waals surface area contributed by atoms with Crippen LogP contribution < -0.4 is 14.8 Å². The molecule has 0 unspecified atom stereocenters. The molecule has 0 spiro atoms. The zero-order valence-electron chi connectivity index (χ0n) is 12.9. The number of benzene rings is 1. The Morgan fingerprint density at radius 3 is 2.71 bits per heavy atom. The first-order valence-electron chi connectivity index (χ1n) is 7.28. The molecule has 4 heteroatoms. The Bertz CT molecular complexity index is 566. The quantitative estimate of drug-likeness (QED) is 0.753. The third-order valence-corrected chi connectivity index (χ3v) is 4.45. The van der Waals surface area contributed by atoms with Crippen LogP contribution in [0.4, 0.5) is 0 Å². The Hall–Kier alpha value is -1.52. The summed E-state index contributed by atoms with van der Waals surface area (Å²) in [5, 5.41) is 5.53. The zero-order valence-corrected chi connectivity index (χ0v) is 13.8. The van der Waals surface area contributed by atoms with Crippen LogP contribution in [0.2, 0.25) is 0 Å². The fourth-order valence-electron chi connectivity index (χ4n) is 2.07. The van der Waals surface area contributed by atoms with Gasteiger partial charge >= 0.3 is 0 Å². The molecule has 1 heterocycles. The van der Waals surface area contributed by atoms with Crippen LogP contribution in [0.25, 0.3) is 0 Å². The molecule has 0 aliphatic carbocycles. The minimum Gasteiger partial charge on any atom is -0.493 e. The van der Waals surface area contributed by atoms with Gasteiger partial charge < -0.3 is 14.8 Å². The molecule has 2 aromatic rings. The third kappa shape index (κ3) is 4.48. The van der Waals surface area contributed by atoms with Crippen molar-refractivity contribution in [1.82, 2.24) is 5.32 Å². The Balaban J connectivity index is 1.77. The van der Waals surface area contributed by atoms with Gasteiger partial charge in [0.15, 0.2) is 11.5 Å². The van der Waals surface area contributed by atoms with Gasteiger partial charge in [0.25, 0.3) is 0 Å². The maximum Gasteiger partial charge on any atom is 0.161 e. The predicted octanol–water partition coefficient (Wildman–Crippen LogP) is 3.80. The van der Waals surface area contributed by atoms with E-state index >= 15 is 0 Å². The predicted molar refractivity (Wildman–Crippen MR) is 88.6 cm³/mol. The number of thiophene rings is 1. The molecule has 0 saturated heterocycles. The number of ether oxygens (including phenoxy) is 2. The van der Waals surface area contributed by atoms with Crippen LogP contribution in [0.15, 0.2) is 29.6 Å². The van der Waals surface area contributed by atoms with E-state index in [1.165, 1.54) is 16.0 Å². The van der Waals surface area contributed by atoms with E-state index in [0.29, 0.717) is 6.61 Å². The first-order valence-corrected chi connectivity index (χ1v) is 8.16. The second-order valence-corrected chi connectivity index (χ2v) is 5.89. The molecule has 2 rings (SSSR count). The van der Waals surface area contributed by atoms with E-state index < -0.39 is 0 Å². The van der Waals surface area contributed by atoms with Crippen molar-refractivity contribution in [2.75, 3.05) is 20.3 Å². The van der Waals surface area contributed by atoms with Crippen LogP contribution in [-0.2, 0) is 13.0 Å². The molecule has 0 atom stereocenters. The summed E-state index contributed by atoms with van der Waals surface area (Å²) in [6.45, 7) is 6.62. The average Bonchev–Trinajstić information content (AvgIpc) is 2.92. The number of hydrogen-bond donors (Lipinski definition) is 1. The van der Waals surface area contributed by atoms with Crippen molar-refractivity contribution in [3.63, 3.8) is 0 Å². The van der Waals surface area contributed by atoms with Crippen molar-refractivity contribution < 1.29 is 9.47 Å². The number of methoxy groups -OCH3 is 1. The zero-order chi connectivity index (χ0) is 15.1. The first-order chi connectivity index (χ1) is 10.2. The van der Waals surface area contributed by atoms with Crippen molar-refractivity contribution in [1.29, 1.82) is 0 Å². The van der Waals surface area contributed by atoms with E-state index in [4.69, 9.17) is 9.47 Å². The SMILES string of the molecule is CCc1ccc(OCCNCc2sccc2C)c(OC)c1. The lowest BCUT2D eigenvalue weighted by Gasteiger charge is -2.12. The van der Waals surface area contributed by atoms with Crippen LogP contribution in [0.3, 0.4) is 0 Å². The minimum absolute atomic E-state index is 0.631. The molecule has 21 heavy (non-hydrogen) atoms. The maximum atomic E-state index is 5.79. The van der Waals surface area contributed by atoms with Gasteiger partial charge in [-0.15, -0.1) is 11.3 Å². The molecule has 3 nitrogen and oxygen atoms in total. The van der Waals surface area contributed by atoms with Gasteiger partial charge in [-0.05, 0) is 48.1 Å². The van der Waals surface area contributed by atoms with Crippen molar-refractivity contribution in [3.05, 3.63) is 45.6 Å². The summed E-state index contributed by atoms with van der Waals surface area (Å²) >= 11 is 1.79. The topological polar surface area (TPSA) is 30.5 Å². The van der Waals surface area contributed by atoms with E-state index in [1.54, 1.807) is 18.4 Å². The molecule has 1 N–H and O–H groups in total. The summed E-state index contributed by atoms with van der Waals surface area (Å²) in [4.78, 5) is 1.39. The van der Waals surface area contributed by atoms with Crippen LogP contribution >= 0.6 is 11.3 Å². The van der Waals surface area contributed by atoms with Gasteiger partial charge in [0.2, 0.25) is 0 Å². The Labute approximate surface area is 130 Å². The van der Waals surface area contributed by atoms with Crippen molar-refractivity contribution in [3.8, 4) is 11.5 Å². The molecular weight excluding hydrogens is 282 g/mol. The second kappa shape index (κ2) is 8.05. The molecule has 1 aromatic carbocycles. The summed E-state index contributed by atoms with van der Waals surface area (Å²) in [6, 6.07) is 8.26. The van der Waals surface area contributed by atoms with Gasteiger partial charge in [0.05, 0.1) is 7.11 Å². The van der Waals surface area contributed by atoms with Crippen molar-refractivity contribution >= 4 is 11.3 Å². The molecule has 114 valence electrons. The van der Waals surface area contributed by atoms with E-state index in [0.717, 1.165) is 31.0 Å². The highest BCUT2D eigenvalue weighted by Gasteiger charge is 2.05. The fourth-order valence-corrected chi connectivity index (χ4v) is 2.95. The molecule has 1 aromatic heterocycles. The monoisotopic (exact) mass is 305 g/mol. The van der Waals surface area contributed by atoms with Crippen LogP contribution in [0.5, 0.6) is 11.5 Å². The molecule has 0 aliphatic rings. The first kappa shape index (κ1) is 15.9. The van der Waals surface area contributed by atoms with E-state index in [1.807, 2.05) is 12.1 Å². The molecule has 0 amide bonds. The highest BCUT2D eigenvalue weighted by Crippen LogP contribution is 2.28. The summed E-state index contributed by atoms with van der Waals surface area (Å²) in [5.74, 6) is 1.62. The molecule has 0 fully saturated rings. The average molecular weight is 305 g/mol. The van der Waals surface area contributed by atoms with Gasteiger partial charge in [-0.1, -0.05) is 13.0 Å². The summed E-state index contributed by atoms with van der Waals surface area (Å²) in [7, 11) is 1.68. The normalized spacial score (nSPS) is 10.6. The Morgan fingerprint density at radius 2 is 2.05 bits per heavy atom. The molecule has 0 bridgehead atoms. The maximum absolute atomic E-state index is 5.79. The minimum atomic E-state index is 0.631.